The molecule has 1 amide bonds. The van der Waals surface area contributed by atoms with Crippen LogP contribution in [0.3, 0.4) is 0 Å². The number of anilines is 1. The average molecular weight is 342 g/mol. The van der Waals surface area contributed by atoms with Crippen molar-refractivity contribution in [1.82, 2.24) is 0 Å². The van der Waals surface area contributed by atoms with Gasteiger partial charge in [0.15, 0.2) is 6.10 Å². The third-order valence-electron chi connectivity index (χ3n) is 3.79. The highest BCUT2D eigenvalue weighted by molar-refractivity contribution is 5.94. The van der Waals surface area contributed by atoms with E-state index < -0.39 is 11.0 Å². The zero-order valence-corrected chi connectivity index (χ0v) is 14.8. The molecule has 0 bridgehead atoms. The lowest BCUT2D eigenvalue weighted by molar-refractivity contribution is -0.384. The van der Waals surface area contributed by atoms with Crippen molar-refractivity contribution >= 4 is 17.3 Å². The van der Waals surface area contributed by atoms with E-state index in [0.29, 0.717) is 11.4 Å². The molecule has 0 unspecified atom stereocenters. The van der Waals surface area contributed by atoms with E-state index in [1.807, 2.05) is 25.1 Å². The van der Waals surface area contributed by atoms with E-state index in [-0.39, 0.29) is 17.5 Å². The quantitative estimate of drug-likeness (QED) is 0.622. The number of carbonyl (C=O) groups is 1. The highest BCUT2D eigenvalue weighted by Crippen LogP contribution is 2.28. The number of ether oxygens (including phenoxy) is 1. The van der Waals surface area contributed by atoms with E-state index in [9.17, 15) is 14.9 Å². The predicted octanol–water partition coefficient (Wildman–Crippen LogP) is 4.43. The van der Waals surface area contributed by atoms with E-state index in [2.05, 4.69) is 19.2 Å². The van der Waals surface area contributed by atoms with Crippen molar-refractivity contribution in [2.24, 2.45) is 0 Å². The van der Waals surface area contributed by atoms with Gasteiger partial charge < -0.3 is 10.1 Å². The molecule has 1 N–H and O–H groups in total. The molecule has 2 aromatic rings. The van der Waals surface area contributed by atoms with Crippen molar-refractivity contribution in [2.45, 2.75) is 39.7 Å². The second kappa shape index (κ2) is 7.79. The molecule has 0 spiro atoms. The minimum absolute atomic E-state index is 0.0767. The van der Waals surface area contributed by atoms with Crippen LogP contribution in [0.25, 0.3) is 0 Å². The Balaban J connectivity index is 2.12. The van der Waals surface area contributed by atoms with Gasteiger partial charge in [0.05, 0.1) is 4.92 Å². The van der Waals surface area contributed by atoms with Gasteiger partial charge in [-0.05, 0) is 43.0 Å². The lowest BCUT2D eigenvalue weighted by Gasteiger charge is -2.19. The fraction of sp³-hybridized carbons (Fsp3) is 0.316. The second-order valence-corrected chi connectivity index (χ2v) is 6.25. The van der Waals surface area contributed by atoms with Crippen molar-refractivity contribution in [2.75, 3.05) is 5.32 Å². The predicted molar refractivity (Wildman–Crippen MR) is 97.1 cm³/mol. The van der Waals surface area contributed by atoms with Crippen LogP contribution in [0.15, 0.2) is 42.5 Å². The molecule has 6 heteroatoms. The van der Waals surface area contributed by atoms with E-state index >= 15 is 0 Å². The maximum atomic E-state index is 12.4. The van der Waals surface area contributed by atoms with Crippen LogP contribution in [0, 0.1) is 17.0 Å². The average Bonchev–Trinajstić information content (AvgIpc) is 2.54. The van der Waals surface area contributed by atoms with Crippen LogP contribution in [0.1, 0.15) is 37.8 Å². The minimum Gasteiger partial charge on any atom is -0.481 e. The van der Waals surface area contributed by atoms with Crippen molar-refractivity contribution in [1.29, 1.82) is 0 Å². The summed E-state index contributed by atoms with van der Waals surface area (Å²) in [5, 5.41) is 13.5. The normalized spacial score (nSPS) is 11.9. The summed E-state index contributed by atoms with van der Waals surface area (Å²) in [6, 6.07) is 11.7. The number of carbonyl (C=O) groups excluding carboxylic acids is 1. The van der Waals surface area contributed by atoms with Gasteiger partial charge in [-0.25, -0.2) is 0 Å². The molecule has 0 aliphatic rings. The van der Waals surface area contributed by atoms with Crippen LogP contribution >= 0.6 is 0 Å². The molecule has 0 heterocycles. The van der Waals surface area contributed by atoms with Crippen molar-refractivity contribution < 1.29 is 14.5 Å². The van der Waals surface area contributed by atoms with Gasteiger partial charge in [-0.3, -0.25) is 14.9 Å². The summed E-state index contributed by atoms with van der Waals surface area (Å²) in [6.45, 7) is 7.74. The van der Waals surface area contributed by atoms with Gasteiger partial charge in [-0.1, -0.05) is 32.0 Å². The summed E-state index contributed by atoms with van der Waals surface area (Å²) in [5.74, 6) is 0.580. The number of aryl methyl sites for hydroxylation is 1. The van der Waals surface area contributed by atoms with Crippen LogP contribution in [-0.2, 0) is 4.79 Å². The molecule has 0 fully saturated rings. The standard InChI is InChI=1S/C19H22N2O4/c1-12(2)17-9-8-13(3)10-18(17)25-14(4)19(22)20-15-6-5-7-16(11-15)21(23)24/h5-12,14H,1-4H3,(H,20,22)/t14-/m1/s1. The molecule has 0 radical (unpaired) electrons. The Morgan fingerprint density at radius 3 is 2.52 bits per heavy atom. The molecule has 132 valence electrons. The first-order valence-electron chi connectivity index (χ1n) is 8.10. The number of nitrogens with zero attached hydrogens (tertiary/aromatic N) is 1. The third kappa shape index (κ3) is 4.79. The van der Waals surface area contributed by atoms with E-state index in [1.165, 1.54) is 18.2 Å². The van der Waals surface area contributed by atoms with Crippen LogP contribution in [-0.4, -0.2) is 16.9 Å². The summed E-state index contributed by atoms with van der Waals surface area (Å²) in [5.41, 5.74) is 2.36. The molecule has 2 rings (SSSR count). The van der Waals surface area contributed by atoms with Gasteiger partial charge in [0.1, 0.15) is 5.75 Å². The van der Waals surface area contributed by atoms with E-state index in [0.717, 1.165) is 11.1 Å². The molecule has 25 heavy (non-hydrogen) atoms. The number of nitrogens with one attached hydrogen (secondary N) is 1. The highest BCUT2D eigenvalue weighted by atomic mass is 16.6. The van der Waals surface area contributed by atoms with Crippen molar-refractivity contribution in [3.05, 3.63) is 63.7 Å². The van der Waals surface area contributed by atoms with Gasteiger partial charge in [-0.15, -0.1) is 0 Å². The molecule has 0 aliphatic carbocycles. The number of nitro benzene ring substituents is 1. The molecule has 1 atom stereocenters. The first-order valence-corrected chi connectivity index (χ1v) is 8.10. The zero-order chi connectivity index (χ0) is 18.6. The summed E-state index contributed by atoms with van der Waals surface area (Å²) in [4.78, 5) is 22.7. The topological polar surface area (TPSA) is 81.5 Å². The molecular weight excluding hydrogens is 320 g/mol. The number of hydrogen-bond donors (Lipinski definition) is 1. The largest absolute Gasteiger partial charge is 0.481 e. The Bertz CT molecular complexity index is 787. The lowest BCUT2D eigenvalue weighted by atomic mass is 10.0. The lowest BCUT2D eigenvalue weighted by Crippen LogP contribution is -2.30. The Morgan fingerprint density at radius 2 is 1.88 bits per heavy atom. The van der Waals surface area contributed by atoms with Gasteiger partial charge in [0.2, 0.25) is 0 Å². The first-order chi connectivity index (χ1) is 11.8. The number of amides is 1. The van der Waals surface area contributed by atoms with Gasteiger partial charge >= 0.3 is 0 Å². The molecule has 0 aliphatic heterocycles. The summed E-state index contributed by atoms with van der Waals surface area (Å²) < 4.78 is 5.85. The SMILES string of the molecule is Cc1ccc(C(C)C)c(O[C@H](C)C(=O)Nc2cccc([N+](=O)[O-])c2)c1. The molecule has 0 saturated heterocycles. The summed E-state index contributed by atoms with van der Waals surface area (Å²) in [6.07, 6.45) is -0.737. The Morgan fingerprint density at radius 1 is 1.16 bits per heavy atom. The van der Waals surface area contributed by atoms with E-state index in [4.69, 9.17) is 4.74 Å². The highest BCUT2D eigenvalue weighted by Gasteiger charge is 2.18. The molecule has 0 aromatic heterocycles. The van der Waals surface area contributed by atoms with Crippen molar-refractivity contribution in [3.8, 4) is 5.75 Å². The Hall–Kier alpha value is -2.89. The van der Waals surface area contributed by atoms with Crippen LogP contribution < -0.4 is 10.1 Å². The van der Waals surface area contributed by atoms with Gasteiger partial charge in [-0.2, -0.15) is 0 Å². The van der Waals surface area contributed by atoms with Gasteiger partial charge in [0, 0.05) is 17.8 Å². The minimum atomic E-state index is -0.737. The molecular formula is C19H22N2O4. The maximum Gasteiger partial charge on any atom is 0.271 e. The molecule has 6 nitrogen and oxygen atoms in total. The maximum absolute atomic E-state index is 12.4. The Kier molecular flexibility index (Phi) is 5.75. The number of hydrogen-bond acceptors (Lipinski definition) is 4. The number of benzene rings is 2. The third-order valence-corrected chi connectivity index (χ3v) is 3.79. The fourth-order valence-electron chi connectivity index (χ4n) is 2.41. The fourth-order valence-corrected chi connectivity index (χ4v) is 2.41. The summed E-state index contributed by atoms with van der Waals surface area (Å²) in [7, 11) is 0. The van der Waals surface area contributed by atoms with Crippen LogP contribution in [0.4, 0.5) is 11.4 Å². The zero-order valence-electron chi connectivity index (χ0n) is 14.8. The van der Waals surface area contributed by atoms with Crippen LogP contribution in [0.5, 0.6) is 5.75 Å². The molecule has 0 saturated carbocycles. The molecule has 2 aromatic carbocycles. The second-order valence-electron chi connectivity index (χ2n) is 6.25. The monoisotopic (exact) mass is 342 g/mol. The summed E-state index contributed by atoms with van der Waals surface area (Å²) >= 11 is 0. The van der Waals surface area contributed by atoms with Crippen LogP contribution in [0.2, 0.25) is 0 Å². The number of rotatable bonds is 6. The number of non-ortho nitro benzene ring substituents is 1. The van der Waals surface area contributed by atoms with Gasteiger partial charge in [0.25, 0.3) is 11.6 Å². The van der Waals surface area contributed by atoms with Crippen molar-refractivity contribution in [3.63, 3.8) is 0 Å². The number of nitro groups is 1. The Labute approximate surface area is 147 Å². The smallest absolute Gasteiger partial charge is 0.271 e. The first kappa shape index (κ1) is 18.4. The van der Waals surface area contributed by atoms with E-state index in [1.54, 1.807) is 13.0 Å².